The molecule has 0 saturated carbocycles. The van der Waals surface area contributed by atoms with Crippen molar-refractivity contribution in [2.45, 2.75) is 0 Å². The van der Waals surface area contributed by atoms with E-state index in [1.807, 2.05) is 0 Å². The maximum Gasteiger partial charge on any atom is 0.0636 e. The summed E-state index contributed by atoms with van der Waals surface area (Å²) < 4.78 is 68.3. The van der Waals surface area contributed by atoms with E-state index >= 15 is 0 Å². The molecule has 0 amide bonds. The van der Waals surface area contributed by atoms with Gasteiger partial charge in [-0.2, -0.15) is 0 Å². The van der Waals surface area contributed by atoms with Gasteiger partial charge in [-0.3, -0.25) is 0 Å². The van der Waals surface area contributed by atoms with E-state index in [-0.39, 0.29) is 46.1 Å². The second kappa shape index (κ2) is 7.19. The second-order valence-electron chi connectivity index (χ2n) is 5.57. The highest BCUT2D eigenvalue weighted by molar-refractivity contribution is 9.10. The highest BCUT2D eigenvalue weighted by Crippen LogP contribution is 2.37. The highest BCUT2D eigenvalue weighted by atomic mass is 79.9. The Morgan fingerprint density at radius 3 is 2.04 bits per heavy atom. The van der Waals surface area contributed by atoms with E-state index in [0.717, 1.165) is 0 Å². The van der Waals surface area contributed by atoms with Crippen LogP contribution in [0.2, 0.25) is 0 Å². The van der Waals surface area contributed by atoms with Crippen LogP contribution in [0.5, 0.6) is 0 Å². The number of hydrogen-bond acceptors (Lipinski definition) is 1. The minimum Gasteiger partial charge on any atom is -0.397 e. The van der Waals surface area contributed by atoms with Crippen molar-refractivity contribution in [3.8, 4) is 33.4 Å². The van der Waals surface area contributed by atoms with Crippen LogP contribution in [0.3, 0.4) is 0 Å². The zero-order valence-electron chi connectivity index (χ0n) is 21.6. The van der Waals surface area contributed by atoms with Crippen LogP contribution in [-0.4, -0.2) is 0 Å². The van der Waals surface area contributed by atoms with Gasteiger partial charge in [-0.25, -0.2) is 0 Å². The number of rotatable bonds is 3. The van der Waals surface area contributed by atoms with Crippen molar-refractivity contribution < 1.29 is 11.0 Å². The van der Waals surface area contributed by atoms with E-state index < -0.39 is 30.2 Å². The average Bonchev–Trinajstić information content (AvgIpc) is 2.82. The molecule has 0 aliphatic carbocycles. The summed E-state index contributed by atoms with van der Waals surface area (Å²) in [5.41, 5.74) is 7.33. The molecule has 0 unspecified atom stereocenters. The Morgan fingerprint density at radius 1 is 0.654 bits per heavy atom. The van der Waals surface area contributed by atoms with E-state index in [2.05, 4.69) is 15.9 Å². The molecule has 0 radical (unpaired) electrons. The second-order valence-corrected chi connectivity index (χ2v) is 6.42. The van der Waals surface area contributed by atoms with Crippen molar-refractivity contribution in [2.24, 2.45) is 0 Å². The Kier molecular flexibility index (Phi) is 2.69. The van der Waals surface area contributed by atoms with Gasteiger partial charge in [0.05, 0.1) is 16.7 Å². The molecule has 0 aliphatic heterocycles. The summed E-state index contributed by atoms with van der Waals surface area (Å²) in [6.45, 7) is 0. The van der Waals surface area contributed by atoms with E-state index in [1.54, 1.807) is 48.5 Å². The summed E-state index contributed by atoms with van der Waals surface area (Å²) in [4.78, 5) is 0. The lowest BCUT2D eigenvalue weighted by Gasteiger charge is -2.13. The number of benzene rings is 4. The lowest BCUT2D eigenvalue weighted by Crippen LogP contribution is -1.92. The lowest BCUT2D eigenvalue weighted by molar-refractivity contribution is 1.55. The largest absolute Gasteiger partial charge is 0.397 e. The molecule has 4 aromatic rings. The molecule has 4 rings (SSSR count). The van der Waals surface area contributed by atoms with Crippen molar-refractivity contribution in [2.75, 3.05) is 5.73 Å². The smallest absolute Gasteiger partial charge is 0.0636 e. The van der Waals surface area contributed by atoms with Gasteiger partial charge in [0.1, 0.15) is 0 Å². The summed E-state index contributed by atoms with van der Waals surface area (Å²) in [6.07, 6.45) is 0. The fraction of sp³-hybridized carbons (Fsp3) is 0. The third-order valence-corrected chi connectivity index (χ3v) is 4.58. The number of hydrogen-bond donors (Lipinski definition) is 1. The molecular weight excluding hydrogens is 382 g/mol. The first-order chi connectivity index (χ1) is 16.1. The first kappa shape index (κ1) is 9.75. The number of halogens is 1. The molecule has 2 heteroatoms. The molecule has 0 aliphatic rings. The van der Waals surface area contributed by atoms with Gasteiger partial charge in [0.25, 0.3) is 0 Å². The molecule has 2 N–H and O–H groups in total. The van der Waals surface area contributed by atoms with Gasteiger partial charge in [-0.05, 0) is 67.9 Å². The quantitative estimate of drug-likeness (QED) is 0.362. The van der Waals surface area contributed by atoms with E-state index in [4.69, 9.17) is 16.7 Å². The number of nitrogen functional groups attached to an aromatic ring is 1. The fourth-order valence-corrected chi connectivity index (χ4v) is 2.97. The van der Waals surface area contributed by atoms with Crippen LogP contribution >= 0.6 is 15.9 Å². The third kappa shape index (κ3) is 3.29. The van der Waals surface area contributed by atoms with Crippen LogP contribution in [0, 0.1) is 0 Å². The minimum absolute atomic E-state index is 0.107. The van der Waals surface area contributed by atoms with Crippen molar-refractivity contribution in [3.63, 3.8) is 0 Å². The zero-order valence-corrected chi connectivity index (χ0v) is 15.2. The van der Waals surface area contributed by atoms with Crippen LogP contribution in [0.25, 0.3) is 33.4 Å². The SMILES string of the molecule is [2H]c1c([2H])c([2H])c(-c2c([2H])c(-c3ccccc3)c([2H])c(-c3cccc(Br)c3N)c2[2H])c([2H])c1[2H]. The molecule has 0 spiro atoms. The molecule has 0 aromatic heterocycles. The molecule has 0 heterocycles. The van der Waals surface area contributed by atoms with E-state index in [0.29, 0.717) is 15.6 Å². The van der Waals surface area contributed by atoms with Gasteiger partial charge < -0.3 is 5.73 Å². The maximum atomic E-state index is 8.97. The standard InChI is InChI=1S/C24H18BrN/c25-23-13-7-12-22(24(23)26)21-15-19(17-8-3-1-4-9-17)14-20(16-21)18-10-5-2-6-11-18/h1-16H,26H2/i1D,3D,4D,8D,9D,14D,15D,16D. The summed E-state index contributed by atoms with van der Waals surface area (Å²) in [5, 5.41) is 0. The van der Waals surface area contributed by atoms with Gasteiger partial charge in [0.15, 0.2) is 0 Å². The predicted molar refractivity (Wildman–Crippen MR) is 115 cm³/mol. The Hall–Kier alpha value is -2.84. The van der Waals surface area contributed by atoms with Crippen LogP contribution < -0.4 is 5.73 Å². The van der Waals surface area contributed by atoms with Gasteiger partial charge in [0.2, 0.25) is 0 Å². The van der Waals surface area contributed by atoms with Crippen LogP contribution in [0.1, 0.15) is 11.0 Å². The van der Waals surface area contributed by atoms with Gasteiger partial charge in [0, 0.05) is 10.0 Å². The number of anilines is 1. The highest BCUT2D eigenvalue weighted by Gasteiger charge is 2.10. The third-order valence-electron chi connectivity index (χ3n) is 3.88. The molecule has 0 fully saturated rings. The molecule has 4 aromatic carbocycles. The molecule has 1 nitrogen and oxygen atoms in total. The first-order valence-electron chi connectivity index (χ1n) is 11.9. The normalized spacial score (nSPS) is 15.0. The molecule has 0 bridgehead atoms. The number of para-hydroxylation sites is 1. The maximum absolute atomic E-state index is 8.97. The van der Waals surface area contributed by atoms with E-state index in [9.17, 15) is 0 Å². The van der Waals surface area contributed by atoms with Gasteiger partial charge in [-0.1, -0.05) is 72.7 Å². The van der Waals surface area contributed by atoms with E-state index in [1.165, 1.54) is 0 Å². The predicted octanol–water partition coefficient (Wildman–Crippen LogP) is 7.03. The van der Waals surface area contributed by atoms with Crippen molar-refractivity contribution >= 4 is 21.6 Å². The first-order valence-corrected chi connectivity index (χ1v) is 8.68. The van der Waals surface area contributed by atoms with Crippen LogP contribution in [0.15, 0.2) is 101 Å². The Bertz CT molecular complexity index is 1430. The topological polar surface area (TPSA) is 26.0 Å². The van der Waals surface area contributed by atoms with Crippen LogP contribution in [-0.2, 0) is 0 Å². The van der Waals surface area contributed by atoms with Gasteiger partial charge in [-0.15, -0.1) is 0 Å². The average molecular weight is 408 g/mol. The number of nitrogens with two attached hydrogens (primary N) is 1. The minimum atomic E-state index is -0.561. The summed E-state index contributed by atoms with van der Waals surface area (Å²) in [6, 6.07) is 10.4. The monoisotopic (exact) mass is 407 g/mol. The fourth-order valence-electron chi connectivity index (χ4n) is 2.61. The molecule has 0 saturated heterocycles. The molecule has 0 atom stereocenters. The van der Waals surface area contributed by atoms with Crippen molar-refractivity contribution in [3.05, 3.63) is 101 Å². The van der Waals surface area contributed by atoms with Crippen molar-refractivity contribution in [1.29, 1.82) is 0 Å². The van der Waals surface area contributed by atoms with Crippen LogP contribution in [0.4, 0.5) is 5.69 Å². The summed E-state index contributed by atoms with van der Waals surface area (Å²) in [7, 11) is 0. The zero-order chi connectivity index (χ0) is 24.9. The molecule has 26 heavy (non-hydrogen) atoms. The Balaban J connectivity index is 2.25. The summed E-state index contributed by atoms with van der Waals surface area (Å²) in [5.74, 6) is 0. The molecule has 126 valence electrons. The molecular formula is C24H18BrN. The Labute approximate surface area is 173 Å². The van der Waals surface area contributed by atoms with Crippen molar-refractivity contribution in [1.82, 2.24) is 0 Å². The van der Waals surface area contributed by atoms with Gasteiger partial charge >= 0.3 is 0 Å². The lowest BCUT2D eigenvalue weighted by atomic mass is 9.93. The Morgan fingerprint density at radius 2 is 1.31 bits per heavy atom. The summed E-state index contributed by atoms with van der Waals surface area (Å²) >= 11 is 3.37.